The monoisotopic (exact) mass is 444 g/mol. The van der Waals surface area contributed by atoms with Crippen molar-refractivity contribution in [3.63, 3.8) is 0 Å². The van der Waals surface area contributed by atoms with E-state index in [0.717, 1.165) is 5.39 Å². The number of aromatic carboxylic acids is 1. The van der Waals surface area contributed by atoms with E-state index in [0.29, 0.717) is 21.5 Å². The number of benzene rings is 4. The fourth-order valence-corrected chi connectivity index (χ4v) is 5.49. The zero-order valence-electron chi connectivity index (χ0n) is 16.4. The van der Waals surface area contributed by atoms with Crippen LogP contribution in [0.5, 0.6) is 0 Å². The average Bonchev–Trinajstić information content (AvgIpc) is 3.48. The molecule has 1 saturated heterocycles. The third-order valence-corrected chi connectivity index (χ3v) is 6.68. The Labute approximate surface area is 182 Å². The molecule has 33 heavy (non-hydrogen) atoms. The van der Waals surface area contributed by atoms with E-state index >= 15 is 0 Å². The molecule has 1 aliphatic heterocycles. The molecule has 6 rings (SSSR count). The number of carbonyl (C=O) groups is 4. The Morgan fingerprint density at radius 2 is 1.27 bits per heavy atom. The van der Waals surface area contributed by atoms with Crippen LogP contribution < -0.4 is 5.22 Å². The van der Waals surface area contributed by atoms with E-state index in [4.69, 9.17) is 4.74 Å². The summed E-state index contributed by atoms with van der Waals surface area (Å²) in [5, 5.41) is 42.7. The number of ether oxygens (including phenoxy) is 1. The Hall–Kier alpha value is -4.50. The van der Waals surface area contributed by atoms with Gasteiger partial charge >= 0.3 is 23.9 Å². The summed E-state index contributed by atoms with van der Waals surface area (Å²) in [5.74, 6) is -6.75. The minimum absolute atomic E-state index is 0.0512. The lowest BCUT2D eigenvalue weighted by Gasteiger charge is -2.25. The quantitative estimate of drug-likeness (QED) is 0.209. The van der Waals surface area contributed by atoms with Crippen LogP contribution in [0.1, 0.15) is 15.9 Å². The molecule has 2 atom stereocenters. The number of epoxide rings is 1. The molecule has 4 N–H and O–H groups in total. The highest BCUT2D eigenvalue weighted by molar-refractivity contribution is 6.32. The van der Waals surface area contributed by atoms with Crippen LogP contribution in [0.3, 0.4) is 0 Å². The van der Waals surface area contributed by atoms with Gasteiger partial charge < -0.3 is 25.2 Å². The van der Waals surface area contributed by atoms with Gasteiger partial charge in [-0.3, -0.25) is 0 Å². The number of hydrogen-bond acceptors (Lipinski definition) is 5. The molecule has 9 heteroatoms. The molecule has 1 heterocycles. The molecule has 2 aliphatic rings. The molecule has 0 amide bonds. The first-order chi connectivity index (χ1) is 15.7. The normalized spacial score (nSPS) is 23.0. The van der Waals surface area contributed by atoms with Crippen molar-refractivity contribution in [2.75, 3.05) is 0 Å². The lowest BCUT2D eigenvalue weighted by molar-refractivity contribution is -0.146. The Kier molecular flexibility index (Phi) is 3.28. The molecular weight excluding hydrogens is 432 g/mol. The Bertz CT molecular complexity index is 1710. The molecule has 0 spiro atoms. The molecule has 162 valence electrons. The molecule has 1 aliphatic carbocycles. The van der Waals surface area contributed by atoms with Crippen molar-refractivity contribution in [2.45, 2.75) is 11.2 Å². The smallest absolute Gasteiger partial charge is 0.345 e. The second kappa shape index (κ2) is 5.64. The molecule has 9 nitrogen and oxygen atoms in total. The fraction of sp³-hybridized carbons (Fsp3) is 0.0833. The topological polar surface area (TPSA) is 162 Å². The molecule has 1 fully saturated rings. The van der Waals surface area contributed by atoms with Gasteiger partial charge in [-0.2, -0.15) is 0 Å². The number of carboxylic acids is 4. The largest absolute Gasteiger partial charge is 0.479 e. The third-order valence-electron chi connectivity index (χ3n) is 6.68. The van der Waals surface area contributed by atoms with E-state index in [1.807, 2.05) is 12.1 Å². The van der Waals surface area contributed by atoms with Gasteiger partial charge in [-0.25, -0.2) is 19.2 Å². The summed E-state index contributed by atoms with van der Waals surface area (Å²) in [6, 6.07) is 13.1. The van der Waals surface area contributed by atoms with Crippen LogP contribution in [-0.4, -0.2) is 49.9 Å². The molecule has 4 aromatic carbocycles. The van der Waals surface area contributed by atoms with Crippen molar-refractivity contribution in [3.8, 4) is 0 Å². The maximum atomic E-state index is 12.6. The van der Waals surface area contributed by atoms with Crippen molar-refractivity contribution in [3.05, 3.63) is 64.9 Å². The average molecular weight is 444 g/mol. The maximum Gasteiger partial charge on any atom is 0.345 e. The first-order valence-electron chi connectivity index (χ1n) is 9.77. The molecule has 0 saturated carbocycles. The number of carboxylic acid groups (broad SMARTS) is 4. The van der Waals surface area contributed by atoms with Crippen LogP contribution in [-0.2, 0) is 24.7 Å². The summed E-state index contributed by atoms with van der Waals surface area (Å²) in [6.45, 7) is 0. The summed E-state index contributed by atoms with van der Waals surface area (Å²) >= 11 is 0. The molecular formula is C24H12O9. The van der Waals surface area contributed by atoms with Crippen LogP contribution in [0.15, 0.2) is 48.5 Å². The summed E-state index contributed by atoms with van der Waals surface area (Å²) < 4.78 is 5.46. The molecule has 0 aromatic heterocycles. The lowest BCUT2D eigenvalue weighted by Crippen LogP contribution is -2.47. The molecule has 4 aromatic rings. The Morgan fingerprint density at radius 1 is 0.667 bits per heavy atom. The van der Waals surface area contributed by atoms with Gasteiger partial charge in [0.15, 0.2) is 0 Å². The number of rotatable bonds is 4. The minimum atomic E-state index is -2.79. The van der Waals surface area contributed by atoms with Crippen molar-refractivity contribution in [1.82, 2.24) is 0 Å². The van der Waals surface area contributed by atoms with Gasteiger partial charge in [-0.05, 0) is 38.4 Å². The van der Waals surface area contributed by atoms with Gasteiger partial charge in [-0.1, -0.05) is 42.5 Å². The number of hydrogen-bond donors (Lipinski definition) is 4. The molecule has 0 radical (unpaired) electrons. The van der Waals surface area contributed by atoms with Crippen LogP contribution in [0, 0.1) is 0 Å². The van der Waals surface area contributed by atoms with E-state index in [2.05, 4.69) is 0 Å². The minimum Gasteiger partial charge on any atom is -0.479 e. The van der Waals surface area contributed by atoms with E-state index in [1.165, 1.54) is 12.1 Å². The van der Waals surface area contributed by atoms with Crippen molar-refractivity contribution < 1.29 is 44.3 Å². The first kappa shape index (κ1) is 19.2. The number of aliphatic carboxylic acids is 3. The van der Waals surface area contributed by atoms with Crippen LogP contribution in [0.4, 0.5) is 0 Å². The van der Waals surface area contributed by atoms with E-state index in [1.54, 1.807) is 24.3 Å². The van der Waals surface area contributed by atoms with Gasteiger partial charge in [0, 0.05) is 10.8 Å². The fourth-order valence-electron chi connectivity index (χ4n) is 5.49. The predicted octanol–water partition coefficient (Wildman–Crippen LogP) is 1.95. The highest BCUT2D eigenvalue weighted by atomic mass is 16.7. The zero-order valence-corrected chi connectivity index (χ0v) is 16.4. The highest BCUT2D eigenvalue weighted by Crippen LogP contribution is 2.65. The van der Waals surface area contributed by atoms with E-state index in [-0.39, 0.29) is 16.2 Å². The number of fused-ring (bicyclic) bond motifs is 4. The Balaban J connectivity index is 2.08. The van der Waals surface area contributed by atoms with E-state index in [9.17, 15) is 39.6 Å². The molecule has 0 bridgehead atoms. The predicted molar refractivity (Wildman–Crippen MR) is 113 cm³/mol. The summed E-state index contributed by atoms with van der Waals surface area (Å²) in [6.07, 6.45) is 0. The van der Waals surface area contributed by atoms with Gasteiger partial charge in [-0.15, -0.1) is 0 Å². The van der Waals surface area contributed by atoms with Crippen molar-refractivity contribution in [1.29, 1.82) is 0 Å². The van der Waals surface area contributed by atoms with Crippen LogP contribution in [0.2, 0.25) is 0 Å². The molecule has 2 unspecified atom stereocenters. The summed E-state index contributed by atoms with van der Waals surface area (Å²) in [7, 11) is 0. The SMILES string of the molecule is O=C(O)C1=c2c(C(=O)O)ccc3c2c(c2cccc4cccc3c42)C2(C(=O)O)OC12C(=O)O. The highest BCUT2D eigenvalue weighted by Gasteiger charge is 2.86. The second-order valence-corrected chi connectivity index (χ2v) is 8.05. The standard InChI is InChI=1S/C24H12O9/c25-19(26)13-8-7-11-10-5-1-3-9-4-2-6-12(14(9)10)17-15(11)16(13)18(20(27)28)24(22(31)32)23(17,33-24)21(29)30/h1-8H,(H,25,26)(H,27,28)(H,29,30)(H,31,32). The zero-order chi connectivity index (χ0) is 23.4. The second-order valence-electron chi connectivity index (χ2n) is 8.05. The lowest BCUT2D eigenvalue weighted by atomic mass is 9.71. The van der Waals surface area contributed by atoms with Crippen molar-refractivity contribution in [2.24, 2.45) is 0 Å². The van der Waals surface area contributed by atoms with Gasteiger partial charge in [0.05, 0.1) is 11.1 Å². The van der Waals surface area contributed by atoms with Crippen LogP contribution in [0.25, 0.3) is 37.9 Å². The first-order valence-corrected chi connectivity index (χ1v) is 9.77. The van der Waals surface area contributed by atoms with Crippen LogP contribution >= 0.6 is 0 Å². The maximum absolute atomic E-state index is 12.6. The third kappa shape index (κ3) is 1.88. The van der Waals surface area contributed by atoms with Crippen molar-refractivity contribution >= 4 is 61.8 Å². The summed E-state index contributed by atoms with van der Waals surface area (Å²) in [5.41, 5.74) is -6.75. The van der Waals surface area contributed by atoms with E-state index < -0.39 is 46.2 Å². The van der Waals surface area contributed by atoms with Gasteiger partial charge in [0.1, 0.15) is 0 Å². The van der Waals surface area contributed by atoms with Gasteiger partial charge in [0.2, 0.25) is 11.2 Å². The Morgan fingerprint density at radius 3 is 1.85 bits per heavy atom. The summed E-state index contributed by atoms with van der Waals surface area (Å²) in [4.78, 5) is 49.6. The van der Waals surface area contributed by atoms with Gasteiger partial charge in [0.25, 0.3) is 0 Å².